The lowest BCUT2D eigenvalue weighted by molar-refractivity contribution is 0.160. The Kier molecular flexibility index (Phi) is 4.94. The molecule has 1 spiro atoms. The first-order chi connectivity index (χ1) is 16.1. The summed E-state index contributed by atoms with van der Waals surface area (Å²) in [5.74, 6) is 1.25. The van der Waals surface area contributed by atoms with Gasteiger partial charge in [0.05, 0.1) is 18.3 Å². The van der Waals surface area contributed by atoms with Gasteiger partial charge in [-0.1, -0.05) is 0 Å². The highest BCUT2D eigenvalue weighted by atomic mass is 19.1. The summed E-state index contributed by atoms with van der Waals surface area (Å²) < 4.78 is 20.3. The highest BCUT2D eigenvalue weighted by Crippen LogP contribution is 2.41. The van der Waals surface area contributed by atoms with Crippen LogP contribution in [0.15, 0.2) is 36.8 Å². The van der Waals surface area contributed by atoms with E-state index in [1.807, 2.05) is 12.3 Å². The van der Waals surface area contributed by atoms with Gasteiger partial charge < -0.3 is 14.5 Å². The smallest absolute Gasteiger partial charge is 0.216 e. The van der Waals surface area contributed by atoms with Crippen molar-refractivity contribution in [3.8, 4) is 11.6 Å². The van der Waals surface area contributed by atoms with Crippen molar-refractivity contribution in [2.75, 3.05) is 42.6 Å². The summed E-state index contributed by atoms with van der Waals surface area (Å²) in [6, 6.07) is 5.32. The Bertz CT molecular complexity index is 1170. The fraction of sp³-hybridized carbons (Fsp3) is 0.458. The monoisotopic (exact) mass is 447 g/mol. The number of halogens is 1. The molecule has 3 aliphatic heterocycles. The average molecular weight is 448 g/mol. The average Bonchev–Trinajstić information content (AvgIpc) is 3.49. The number of fused-ring (bicyclic) bond motifs is 1. The van der Waals surface area contributed by atoms with Crippen LogP contribution in [0.2, 0.25) is 0 Å². The van der Waals surface area contributed by atoms with E-state index in [2.05, 4.69) is 36.7 Å². The predicted molar refractivity (Wildman–Crippen MR) is 121 cm³/mol. The second-order valence-electron chi connectivity index (χ2n) is 9.27. The molecule has 9 heteroatoms. The molecule has 0 saturated carbocycles. The molecule has 0 aromatic carbocycles. The molecular formula is C24H26FN7O. The zero-order valence-electron chi connectivity index (χ0n) is 18.6. The van der Waals surface area contributed by atoms with E-state index in [1.165, 1.54) is 0 Å². The molecule has 3 aromatic rings. The molecule has 0 bridgehead atoms. The molecule has 33 heavy (non-hydrogen) atoms. The number of nitrogens with zero attached hydrogens (tertiary/aromatic N) is 7. The van der Waals surface area contributed by atoms with Crippen LogP contribution in [-0.2, 0) is 11.2 Å². The zero-order chi connectivity index (χ0) is 22.4. The first kappa shape index (κ1) is 20.4. The second kappa shape index (κ2) is 7.98. The van der Waals surface area contributed by atoms with Gasteiger partial charge in [-0.15, -0.1) is 0 Å². The van der Waals surface area contributed by atoms with Crippen LogP contribution >= 0.6 is 0 Å². The van der Waals surface area contributed by atoms with Crippen molar-refractivity contribution in [1.29, 1.82) is 0 Å². The van der Waals surface area contributed by atoms with Crippen LogP contribution in [0.5, 0.6) is 0 Å². The van der Waals surface area contributed by atoms with Gasteiger partial charge in [0.25, 0.3) is 0 Å². The molecule has 2 saturated heterocycles. The number of hydrogen-bond donors (Lipinski definition) is 0. The van der Waals surface area contributed by atoms with Gasteiger partial charge in [0, 0.05) is 80.1 Å². The normalized spacial score (nSPS) is 24.5. The number of hydrogen-bond acceptors (Lipinski definition) is 8. The van der Waals surface area contributed by atoms with E-state index in [0.29, 0.717) is 24.0 Å². The Hall–Kier alpha value is -3.20. The third kappa shape index (κ3) is 3.70. The molecule has 6 heterocycles. The molecule has 2 fully saturated rings. The molecular weight excluding hydrogens is 421 g/mol. The first-order valence-corrected chi connectivity index (χ1v) is 11.5. The van der Waals surface area contributed by atoms with E-state index in [1.54, 1.807) is 24.5 Å². The minimum atomic E-state index is -0.447. The van der Waals surface area contributed by atoms with Crippen molar-refractivity contribution in [1.82, 2.24) is 24.9 Å². The molecule has 0 radical (unpaired) electrons. The van der Waals surface area contributed by atoms with Crippen molar-refractivity contribution in [3.05, 3.63) is 54.0 Å². The summed E-state index contributed by atoms with van der Waals surface area (Å²) in [6.07, 6.45) is 8.11. The topological polar surface area (TPSA) is 80.2 Å². The quantitative estimate of drug-likeness (QED) is 0.567. The van der Waals surface area contributed by atoms with Crippen molar-refractivity contribution >= 4 is 11.5 Å². The van der Waals surface area contributed by atoms with E-state index < -0.39 is 5.95 Å². The Balaban J connectivity index is 1.26. The van der Waals surface area contributed by atoms with Gasteiger partial charge in [0.15, 0.2) is 11.6 Å². The zero-order valence-corrected chi connectivity index (χ0v) is 18.6. The SMILES string of the molecule is CC1c2cnc(-c3ncccn3)nc2CCN1c1cc(N2CCC3(CCOC3)C2)cc(F)n1. The lowest BCUT2D eigenvalue weighted by Gasteiger charge is -2.36. The maximum Gasteiger partial charge on any atom is 0.216 e. The highest BCUT2D eigenvalue weighted by Gasteiger charge is 2.41. The van der Waals surface area contributed by atoms with Gasteiger partial charge in [-0.05, 0) is 25.8 Å². The van der Waals surface area contributed by atoms with Crippen molar-refractivity contribution in [2.45, 2.75) is 32.2 Å². The van der Waals surface area contributed by atoms with Gasteiger partial charge in [-0.3, -0.25) is 0 Å². The molecule has 0 amide bonds. The number of rotatable bonds is 3. The molecule has 3 aliphatic rings. The molecule has 8 nitrogen and oxygen atoms in total. The maximum atomic E-state index is 14.6. The molecule has 3 aromatic heterocycles. The highest BCUT2D eigenvalue weighted by molar-refractivity contribution is 5.58. The number of pyridine rings is 1. The Labute approximate surface area is 191 Å². The lowest BCUT2D eigenvalue weighted by atomic mass is 9.87. The summed E-state index contributed by atoms with van der Waals surface area (Å²) in [7, 11) is 0. The van der Waals surface area contributed by atoms with Crippen LogP contribution < -0.4 is 9.80 Å². The fourth-order valence-corrected chi connectivity index (χ4v) is 5.33. The summed E-state index contributed by atoms with van der Waals surface area (Å²) in [4.78, 5) is 26.4. The maximum absolute atomic E-state index is 14.6. The van der Waals surface area contributed by atoms with Crippen molar-refractivity contribution < 1.29 is 9.13 Å². The molecule has 6 rings (SSSR count). The van der Waals surface area contributed by atoms with Gasteiger partial charge in [0.1, 0.15) is 5.82 Å². The van der Waals surface area contributed by atoms with E-state index in [0.717, 1.165) is 62.5 Å². The van der Waals surface area contributed by atoms with Crippen LogP contribution in [0.25, 0.3) is 11.6 Å². The Morgan fingerprint density at radius 1 is 1.06 bits per heavy atom. The number of ether oxygens (including phenoxy) is 1. The molecule has 2 unspecified atom stereocenters. The first-order valence-electron chi connectivity index (χ1n) is 11.5. The predicted octanol–water partition coefficient (Wildman–Crippen LogP) is 3.21. The molecule has 170 valence electrons. The minimum Gasteiger partial charge on any atom is -0.381 e. The summed E-state index contributed by atoms with van der Waals surface area (Å²) in [5, 5.41) is 0. The van der Waals surface area contributed by atoms with Gasteiger partial charge in [0.2, 0.25) is 5.95 Å². The third-order valence-corrected chi connectivity index (χ3v) is 7.22. The van der Waals surface area contributed by atoms with Crippen LogP contribution in [0.1, 0.15) is 37.1 Å². The van der Waals surface area contributed by atoms with E-state index in [9.17, 15) is 4.39 Å². The van der Waals surface area contributed by atoms with Gasteiger partial charge in [-0.25, -0.2) is 24.9 Å². The lowest BCUT2D eigenvalue weighted by Crippen LogP contribution is -2.35. The van der Waals surface area contributed by atoms with Crippen molar-refractivity contribution in [3.63, 3.8) is 0 Å². The van der Waals surface area contributed by atoms with Crippen molar-refractivity contribution in [2.24, 2.45) is 5.41 Å². The molecule has 0 N–H and O–H groups in total. The fourth-order valence-electron chi connectivity index (χ4n) is 5.33. The largest absolute Gasteiger partial charge is 0.381 e. The Morgan fingerprint density at radius 2 is 1.94 bits per heavy atom. The Morgan fingerprint density at radius 3 is 2.76 bits per heavy atom. The van der Waals surface area contributed by atoms with Crippen LogP contribution in [-0.4, -0.2) is 57.8 Å². The number of anilines is 2. The summed E-state index contributed by atoms with van der Waals surface area (Å²) >= 11 is 0. The molecule has 2 atom stereocenters. The molecule has 0 aliphatic carbocycles. The second-order valence-corrected chi connectivity index (χ2v) is 9.27. The standard InChI is InChI=1S/C24H26FN7O/c1-16-18-13-28-23(22-26-6-2-7-27-22)29-19(18)3-8-32(16)21-12-17(11-20(25)30-21)31-9-4-24(14-31)5-10-33-15-24/h2,6-7,11-13,16H,3-5,8-10,14-15H2,1H3. The van der Waals surface area contributed by atoms with E-state index in [4.69, 9.17) is 9.72 Å². The van der Waals surface area contributed by atoms with Crippen LogP contribution in [0.3, 0.4) is 0 Å². The van der Waals surface area contributed by atoms with Crippen LogP contribution in [0.4, 0.5) is 15.9 Å². The van der Waals surface area contributed by atoms with Crippen LogP contribution in [0, 0.1) is 11.4 Å². The summed E-state index contributed by atoms with van der Waals surface area (Å²) in [6.45, 7) is 6.25. The summed E-state index contributed by atoms with van der Waals surface area (Å²) in [5.41, 5.74) is 3.12. The van der Waals surface area contributed by atoms with E-state index in [-0.39, 0.29) is 11.5 Å². The van der Waals surface area contributed by atoms with Gasteiger partial charge >= 0.3 is 0 Å². The van der Waals surface area contributed by atoms with Gasteiger partial charge in [-0.2, -0.15) is 4.39 Å². The number of aromatic nitrogens is 5. The minimum absolute atomic E-state index is 0.0187. The van der Waals surface area contributed by atoms with E-state index >= 15 is 0 Å². The third-order valence-electron chi connectivity index (χ3n) is 7.22.